The van der Waals surface area contributed by atoms with E-state index in [2.05, 4.69) is 10.6 Å². The number of anilines is 1. The lowest BCUT2D eigenvalue weighted by molar-refractivity contribution is -0.140. The first-order valence-electron chi connectivity index (χ1n) is 8.68. The van der Waals surface area contributed by atoms with E-state index >= 15 is 0 Å². The van der Waals surface area contributed by atoms with Crippen LogP contribution in [0.5, 0.6) is 11.5 Å². The standard InChI is InChI=1S/C20H20ClFN2O5/c1-11(2)18(20(27)28)24-19(26)15-9-14(7-8-16(15)23-17(25)10-21)29-13-5-3-12(22)4-6-13/h3-9,11,18H,10H2,1-2H3,(H,23,25)(H,24,26)(H,27,28)/t18-/m1/s1. The van der Waals surface area contributed by atoms with Crippen molar-refractivity contribution in [3.05, 3.63) is 53.8 Å². The van der Waals surface area contributed by atoms with Gasteiger partial charge < -0.3 is 20.5 Å². The van der Waals surface area contributed by atoms with Gasteiger partial charge in [-0.15, -0.1) is 11.6 Å². The number of carboxylic acids is 1. The number of hydrogen-bond acceptors (Lipinski definition) is 4. The summed E-state index contributed by atoms with van der Waals surface area (Å²) < 4.78 is 18.7. The summed E-state index contributed by atoms with van der Waals surface area (Å²) in [6.45, 7) is 3.31. The lowest BCUT2D eigenvalue weighted by Crippen LogP contribution is -2.44. The van der Waals surface area contributed by atoms with E-state index < -0.39 is 29.6 Å². The highest BCUT2D eigenvalue weighted by molar-refractivity contribution is 6.29. The van der Waals surface area contributed by atoms with Crippen molar-refractivity contribution in [1.82, 2.24) is 5.32 Å². The number of amides is 2. The van der Waals surface area contributed by atoms with E-state index in [1.165, 1.54) is 42.5 Å². The molecule has 0 aliphatic heterocycles. The molecule has 2 aromatic carbocycles. The minimum absolute atomic E-state index is 0.00465. The molecule has 2 rings (SSSR count). The number of ether oxygens (including phenoxy) is 1. The predicted molar refractivity (Wildman–Crippen MR) is 106 cm³/mol. The van der Waals surface area contributed by atoms with Crippen molar-refractivity contribution in [2.75, 3.05) is 11.2 Å². The van der Waals surface area contributed by atoms with Crippen LogP contribution in [0.3, 0.4) is 0 Å². The van der Waals surface area contributed by atoms with E-state index in [0.717, 1.165) is 0 Å². The maximum atomic E-state index is 13.0. The number of alkyl halides is 1. The third-order valence-corrected chi connectivity index (χ3v) is 4.14. The minimum Gasteiger partial charge on any atom is -0.480 e. The van der Waals surface area contributed by atoms with E-state index in [1.807, 2.05) is 0 Å². The van der Waals surface area contributed by atoms with Crippen molar-refractivity contribution in [2.45, 2.75) is 19.9 Å². The molecule has 0 saturated carbocycles. The summed E-state index contributed by atoms with van der Waals surface area (Å²) in [5.74, 6) is -2.96. The predicted octanol–water partition coefficient (Wildman–Crippen LogP) is 3.63. The van der Waals surface area contributed by atoms with Crippen LogP contribution in [0.15, 0.2) is 42.5 Å². The van der Waals surface area contributed by atoms with Gasteiger partial charge in [0.25, 0.3) is 5.91 Å². The fourth-order valence-electron chi connectivity index (χ4n) is 2.44. The second-order valence-electron chi connectivity index (χ2n) is 6.48. The molecular formula is C20H20ClFN2O5. The topological polar surface area (TPSA) is 105 Å². The lowest BCUT2D eigenvalue weighted by Gasteiger charge is -2.19. The number of carbonyl (C=O) groups excluding carboxylic acids is 2. The Hall–Kier alpha value is -3.13. The molecule has 29 heavy (non-hydrogen) atoms. The second-order valence-corrected chi connectivity index (χ2v) is 6.75. The molecule has 0 bridgehead atoms. The molecule has 3 N–H and O–H groups in total. The summed E-state index contributed by atoms with van der Waals surface area (Å²) in [6.07, 6.45) is 0. The molecule has 9 heteroatoms. The number of rotatable bonds is 8. The monoisotopic (exact) mass is 422 g/mol. The molecular weight excluding hydrogens is 403 g/mol. The fraction of sp³-hybridized carbons (Fsp3) is 0.250. The van der Waals surface area contributed by atoms with Crippen LogP contribution in [0.4, 0.5) is 10.1 Å². The Balaban J connectivity index is 2.35. The molecule has 0 aliphatic rings. The molecule has 154 valence electrons. The SMILES string of the molecule is CC(C)[C@@H](NC(=O)c1cc(Oc2ccc(F)cc2)ccc1NC(=O)CCl)C(=O)O. The Morgan fingerprint density at radius 2 is 1.72 bits per heavy atom. The molecule has 0 saturated heterocycles. The first kappa shape index (κ1) is 22.2. The summed E-state index contributed by atoms with van der Waals surface area (Å²) in [7, 11) is 0. The van der Waals surface area contributed by atoms with Gasteiger partial charge in [0.05, 0.1) is 11.3 Å². The highest BCUT2D eigenvalue weighted by Gasteiger charge is 2.25. The normalized spacial score (nSPS) is 11.6. The van der Waals surface area contributed by atoms with Crippen molar-refractivity contribution < 1.29 is 28.6 Å². The van der Waals surface area contributed by atoms with Crippen LogP contribution in [0.25, 0.3) is 0 Å². The number of halogens is 2. The van der Waals surface area contributed by atoms with E-state index in [0.29, 0.717) is 5.75 Å². The second kappa shape index (κ2) is 9.88. The molecule has 0 heterocycles. The average Bonchev–Trinajstić information content (AvgIpc) is 2.68. The van der Waals surface area contributed by atoms with Gasteiger partial charge in [-0.3, -0.25) is 9.59 Å². The highest BCUT2D eigenvalue weighted by atomic mass is 35.5. The van der Waals surface area contributed by atoms with Crippen molar-refractivity contribution >= 4 is 35.1 Å². The number of hydrogen-bond donors (Lipinski definition) is 3. The van der Waals surface area contributed by atoms with E-state index in [4.69, 9.17) is 16.3 Å². The van der Waals surface area contributed by atoms with Gasteiger partial charge >= 0.3 is 5.97 Å². The summed E-state index contributed by atoms with van der Waals surface area (Å²) in [4.78, 5) is 35.8. The van der Waals surface area contributed by atoms with Gasteiger partial charge in [-0.05, 0) is 48.4 Å². The summed E-state index contributed by atoms with van der Waals surface area (Å²) in [5.41, 5.74) is 0.141. The Morgan fingerprint density at radius 1 is 1.10 bits per heavy atom. The van der Waals surface area contributed by atoms with Crippen LogP contribution in [0, 0.1) is 11.7 Å². The van der Waals surface area contributed by atoms with E-state index in [9.17, 15) is 23.9 Å². The number of aliphatic carboxylic acids is 1. The van der Waals surface area contributed by atoms with Crippen molar-refractivity contribution in [1.29, 1.82) is 0 Å². The number of carbonyl (C=O) groups is 3. The molecule has 0 spiro atoms. The first-order valence-corrected chi connectivity index (χ1v) is 9.21. The maximum Gasteiger partial charge on any atom is 0.326 e. The van der Waals surface area contributed by atoms with Crippen LogP contribution < -0.4 is 15.4 Å². The fourth-order valence-corrected chi connectivity index (χ4v) is 2.51. The number of carboxylic acid groups (broad SMARTS) is 1. The average molecular weight is 423 g/mol. The third kappa shape index (κ3) is 6.18. The Bertz CT molecular complexity index is 902. The van der Waals surface area contributed by atoms with Gasteiger partial charge in [-0.25, -0.2) is 9.18 Å². The zero-order chi connectivity index (χ0) is 21.6. The summed E-state index contributed by atoms with van der Waals surface area (Å²) in [5, 5.41) is 14.2. The summed E-state index contributed by atoms with van der Waals surface area (Å²) >= 11 is 5.51. The smallest absolute Gasteiger partial charge is 0.326 e. The number of nitrogens with one attached hydrogen (secondary N) is 2. The van der Waals surface area contributed by atoms with Crippen molar-refractivity contribution in [2.24, 2.45) is 5.92 Å². The Labute approximate surface area is 171 Å². The van der Waals surface area contributed by atoms with Gasteiger partial charge in [-0.2, -0.15) is 0 Å². The van der Waals surface area contributed by atoms with Crippen LogP contribution >= 0.6 is 11.6 Å². The molecule has 2 amide bonds. The van der Waals surface area contributed by atoms with Gasteiger partial charge in [0.1, 0.15) is 29.2 Å². The quantitative estimate of drug-likeness (QED) is 0.563. The van der Waals surface area contributed by atoms with Crippen molar-refractivity contribution in [3.63, 3.8) is 0 Å². The number of benzene rings is 2. The molecule has 0 aliphatic carbocycles. The Kier molecular flexibility index (Phi) is 7.55. The van der Waals surface area contributed by atoms with Crippen LogP contribution in [-0.2, 0) is 9.59 Å². The molecule has 0 radical (unpaired) electrons. The zero-order valence-corrected chi connectivity index (χ0v) is 16.5. The minimum atomic E-state index is -1.18. The zero-order valence-electron chi connectivity index (χ0n) is 15.7. The molecule has 7 nitrogen and oxygen atoms in total. The van der Waals surface area contributed by atoms with Crippen LogP contribution in [-0.4, -0.2) is 34.8 Å². The first-order chi connectivity index (χ1) is 13.7. The maximum absolute atomic E-state index is 13.0. The van der Waals surface area contributed by atoms with Gasteiger partial charge in [0, 0.05) is 0 Å². The Morgan fingerprint density at radius 3 is 2.28 bits per heavy atom. The van der Waals surface area contributed by atoms with E-state index in [1.54, 1.807) is 13.8 Å². The highest BCUT2D eigenvalue weighted by Crippen LogP contribution is 2.27. The summed E-state index contributed by atoms with van der Waals surface area (Å²) in [6, 6.07) is 8.43. The van der Waals surface area contributed by atoms with Gasteiger partial charge in [0.15, 0.2) is 0 Å². The molecule has 2 aromatic rings. The van der Waals surface area contributed by atoms with E-state index in [-0.39, 0.29) is 28.8 Å². The molecule has 1 atom stereocenters. The van der Waals surface area contributed by atoms with Crippen LogP contribution in [0.2, 0.25) is 0 Å². The largest absolute Gasteiger partial charge is 0.480 e. The van der Waals surface area contributed by atoms with Crippen molar-refractivity contribution in [3.8, 4) is 11.5 Å². The van der Waals surface area contributed by atoms with Crippen LogP contribution in [0.1, 0.15) is 24.2 Å². The molecule has 0 aromatic heterocycles. The van der Waals surface area contributed by atoms with Gasteiger partial charge in [-0.1, -0.05) is 13.8 Å². The van der Waals surface area contributed by atoms with Gasteiger partial charge in [0.2, 0.25) is 5.91 Å². The molecule has 0 fully saturated rings. The lowest BCUT2D eigenvalue weighted by atomic mass is 10.0. The molecule has 0 unspecified atom stereocenters. The third-order valence-electron chi connectivity index (χ3n) is 3.90.